The summed E-state index contributed by atoms with van der Waals surface area (Å²) in [5, 5.41) is 47.4. The lowest BCUT2D eigenvalue weighted by atomic mass is 9.98. The van der Waals surface area contributed by atoms with Crippen LogP contribution in [0.4, 0.5) is 0 Å². The molecule has 40 heavy (non-hydrogen) atoms. The fraction of sp³-hybridized carbons (Fsp3) is 0.370. The van der Waals surface area contributed by atoms with Gasteiger partial charge in [0.1, 0.15) is 42.5 Å². The van der Waals surface area contributed by atoms with E-state index in [4.69, 9.17) is 23.7 Å². The first-order valence-electron chi connectivity index (χ1n) is 12.3. The van der Waals surface area contributed by atoms with E-state index in [-0.39, 0.29) is 12.4 Å². The van der Waals surface area contributed by atoms with Gasteiger partial charge in [0.05, 0.1) is 34.1 Å². The van der Waals surface area contributed by atoms with Crippen molar-refractivity contribution in [2.75, 3.05) is 27.9 Å². The number of rotatable bonds is 11. The average Bonchev–Trinajstić information content (AvgIpc) is 3.46. The Morgan fingerprint density at radius 2 is 1.68 bits per heavy atom. The van der Waals surface area contributed by atoms with Crippen molar-refractivity contribution in [3.8, 4) is 23.0 Å². The van der Waals surface area contributed by atoms with Crippen LogP contribution in [0.5, 0.6) is 23.0 Å². The minimum Gasteiger partial charge on any atom is -0.493 e. The number of methoxy groups -OCH3 is 3. The summed E-state index contributed by atoms with van der Waals surface area (Å²) in [5.41, 5.74) is 1.54. The van der Waals surface area contributed by atoms with E-state index in [2.05, 4.69) is 10.3 Å². The number of aromatic nitrogens is 3. The predicted molar refractivity (Wildman–Crippen MR) is 139 cm³/mol. The molecule has 214 valence electrons. The minimum absolute atomic E-state index is 0.0196. The number of ether oxygens (including phenoxy) is 5. The van der Waals surface area contributed by atoms with Crippen molar-refractivity contribution in [2.24, 2.45) is 0 Å². The highest BCUT2D eigenvalue weighted by Crippen LogP contribution is 2.38. The van der Waals surface area contributed by atoms with Gasteiger partial charge < -0.3 is 44.1 Å². The van der Waals surface area contributed by atoms with E-state index in [0.717, 1.165) is 0 Å². The van der Waals surface area contributed by atoms with Crippen LogP contribution in [0.15, 0.2) is 48.7 Å². The number of allylic oxidation sites excluding steroid dienone is 1. The number of carbonyl (C=O) groups excluding carboxylic acids is 1. The van der Waals surface area contributed by atoms with Crippen LogP contribution in [-0.4, -0.2) is 93.6 Å². The number of benzene rings is 2. The number of nitrogens with zero attached hydrogens (tertiary/aromatic N) is 3. The Bertz CT molecular complexity index is 1300. The SMILES string of the molecule is COc1cc(/C=C/C(=O)c2ccc(OCc3cn([C@@H]4O[C@H](CO)[C@@H](O)[C@H](O)[C@H]4O)nn3)cc2)cc(OC)c1OC. The molecule has 13 heteroatoms. The summed E-state index contributed by atoms with van der Waals surface area (Å²) in [6.07, 6.45) is -2.16. The molecule has 0 radical (unpaired) electrons. The molecule has 4 N–H and O–H groups in total. The molecular formula is C27H31N3O10. The van der Waals surface area contributed by atoms with Crippen LogP contribution in [0.1, 0.15) is 27.8 Å². The first-order valence-corrected chi connectivity index (χ1v) is 12.3. The summed E-state index contributed by atoms with van der Waals surface area (Å²) in [5.74, 6) is 1.67. The Hall–Kier alpha value is -4.01. The van der Waals surface area contributed by atoms with Crippen molar-refractivity contribution in [2.45, 2.75) is 37.3 Å². The highest BCUT2D eigenvalue weighted by Gasteiger charge is 2.44. The summed E-state index contributed by atoms with van der Waals surface area (Å²) < 4.78 is 28.4. The number of aliphatic hydroxyl groups excluding tert-OH is 4. The van der Waals surface area contributed by atoms with Crippen LogP contribution >= 0.6 is 0 Å². The standard InChI is InChI=1S/C27H31N3O10/c1-36-20-10-15(11-21(37-2)26(20)38-3)4-9-19(32)16-5-7-18(8-6-16)39-14-17-12-30(29-28-17)27-25(35)24(34)23(33)22(13-31)40-27/h4-12,22-25,27,31,33-35H,13-14H2,1-3H3/b9-4+/t22-,23-,24+,25-,27-/m1/s1. The molecule has 13 nitrogen and oxygen atoms in total. The third kappa shape index (κ3) is 6.24. The Morgan fingerprint density at radius 3 is 2.27 bits per heavy atom. The molecule has 0 bridgehead atoms. The second-order valence-corrected chi connectivity index (χ2v) is 8.88. The molecule has 4 rings (SSSR count). The molecule has 5 atom stereocenters. The Labute approximate surface area is 229 Å². The highest BCUT2D eigenvalue weighted by atomic mass is 16.6. The monoisotopic (exact) mass is 557 g/mol. The van der Waals surface area contributed by atoms with E-state index >= 15 is 0 Å². The van der Waals surface area contributed by atoms with Gasteiger partial charge in [-0.2, -0.15) is 0 Å². The molecule has 2 aromatic carbocycles. The molecule has 1 fully saturated rings. The lowest BCUT2D eigenvalue weighted by Gasteiger charge is -2.39. The molecule has 3 aromatic rings. The molecule has 1 saturated heterocycles. The normalized spacial score (nSPS) is 22.7. The predicted octanol–water partition coefficient (Wildman–Crippen LogP) is 0.751. The summed E-state index contributed by atoms with van der Waals surface area (Å²) in [6, 6.07) is 10.0. The second kappa shape index (κ2) is 12.9. The summed E-state index contributed by atoms with van der Waals surface area (Å²) in [7, 11) is 4.55. The Morgan fingerprint density at radius 1 is 1.00 bits per heavy atom. The molecule has 0 aliphatic carbocycles. The summed E-state index contributed by atoms with van der Waals surface area (Å²) in [6.45, 7) is -0.531. The molecular weight excluding hydrogens is 526 g/mol. The molecule has 0 unspecified atom stereocenters. The van der Waals surface area contributed by atoms with Crippen molar-refractivity contribution in [1.29, 1.82) is 0 Å². The zero-order valence-electron chi connectivity index (χ0n) is 22.1. The van der Waals surface area contributed by atoms with Gasteiger partial charge in [-0.05, 0) is 48.0 Å². The fourth-order valence-corrected chi connectivity index (χ4v) is 4.14. The number of hydrogen-bond donors (Lipinski definition) is 4. The van der Waals surface area contributed by atoms with Crippen molar-refractivity contribution < 1.29 is 48.9 Å². The van der Waals surface area contributed by atoms with Crippen LogP contribution in [0.3, 0.4) is 0 Å². The van der Waals surface area contributed by atoms with Gasteiger partial charge in [-0.3, -0.25) is 4.79 Å². The first kappa shape index (κ1) is 29.0. The molecule has 1 aliphatic rings. The third-order valence-corrected chi connectivity index (χ3v) is 6.33. The molecule has 1 aliphatic heterocycles. The van der Waals surface area contributed by atoms with E-state index < -0.39 is 37.3 Å². The van der Waals surface area contributed by atoms with Crippen molar-refractivity contribution in [1.82, 2.24) is 15.0 Å². The zero-order chi connectivity index (χ0) is 28.8. The minimum atomic E-state index is -1.53. The molecule has 1 aromatic heterocycles. The maximum atomic E-state index is 12.7. The first-order chi connectivity index (χ1) is 19.3. The topological polar surface area (TPSA) is 175 Å². The van der Waals surface area contributed by atoms with Crippen molar-refractivity contribution >= 4 is 11.9 Å². The van der Waals surface area contributed by atoms with Gasteiger partial charge in [-0.1, -0.05) is 11.3 Å². The van der Waals surface area contributed by atoms with Gasteiger partial charge in [0.15, 0.2) is 23.5 Å². The van der Waals surface area contributed by atoms with E-state index in [1.54, 1.807) is 42.5 Å². The van der Waals surface area contributed by atoms with Gasteiger partial charge in [0.2, 0.25) is 5.75 Å². The summed E-state index contributed by atoms with van der Waals surface area (Å²) >= 11 is 0. The average molecular weight is 558 g/mol. The van der Waals surface area contributed by atoms with E-state index in [0.29, 0.717) is 39.8 Å². The number of aliphatic hydroxyl groups is 4. The Kier molecular flexibility index (Phi) is 9.34. The van der Waals surface area contributed by atoms with Crippen molar-refractivity contribution in [3.63, 3.8) is 0 Å². The van der Waals surface area contributed by atoms with E-state index in [1.165, 1.54) is 38.3 Å². The maximum Gasteiger partial charge on any atom is 0.203 e. The van der Waals surface area contributed by atoms with Gasteiger partial charge in [0.25, 0.3) is 0 Å². The van der Waals surface area contributed by atoms with E-state index in [9.17, 15) is 25.2 Å². The summed E-state index contributed by atoms with van der Waals surface area (Å²) in [4.78, 5) is 12.7. The van der Waals surface area contributed by atoms with Crippen LogP contribution in [0.25, 0.3) is 6.08 Å². The second-order valence-electron chi connectivity index (χ2n) is 8.88. The largest absolute Gasteiger partial charge is 0.493 e. The van der Waals surface area contributed by atoms with E-state index in [1.807, 2.05) is 0 Å². The quantitative estimate of drug-likeness (QED) is 0.193. The number of ketones is 1. The zero-order valence-corrected chi connectivity index (χ0v) is 22.1. The third-order valence-electron chi connectivity index (χ3n) is 6.33. The smallest absolute Gasteiger partial charge is 0.203 e. The lowest BCUT2D eigenvalue weighted by molar-refractivity contribution is -0.254. The van der Waals surface area contributed by atoms with Crippen molar-refractivity contribution in [3.05, 3.63) is 65.5 Å². The van der Waals surface area contributed by atoms with Crippen LogP contribution < -0.4 is 18.9 Å². The fourth-order valence-electron chi connectivity index (χ4n) is 4.14. The van der Waals surface area contributed by atoms with Gasteiger partial charge in [0, 0.05) is 5.56 Å². The van der Waals surface area contributed by atoms with Gasteiger partial charge in [-0.25, -0.2) is 4.68 Å². The lowest BCUT2D eigenvalue weighted by Crippen LogP contribution is -2.56. The highest BCUT2D eigenvalue weighted by molar-refractivity contribution is 6.06. The Balaban J connectivity index is 1.36. The van der Waals surface area contributed by atoms with Crippen LogP contribution in [0, 0.1) is 0 Å². The number of hydrogen-bond acceptors (Lipinski definition) is 12. The van der Waals surface area contributed by atoms with Gasteiger partial charge in [-0.15, -0.1) is 5.10 Å². The van der Waals surface area contributed by atoms with Crippen LogP contribution in [0.2, 0.25) is 0 Å². The molecule has 0 amide bonds. The van der Waals surface area contributed by atoms with Gasteiger partial charge >= 0.3 is 0 Å². The van der Waals surface area contributed by atoms with Crippen LogP contribution in [-0.2, 0) is 11.3 Å². The number of carbonyl (C=O) groups is 1. The molecule has 0 spiro atoms. The maximum absolute atomic E-state index is 12.7. The molecule has 2 heterocycles. The molecule has 0 saturated carbocycles.